The number of aromatic nitrogens is 5. The van der Waals surface area contributed by atoms with E-state index in [1.807, 2.05) is 7.05 Å². The summed E-state index contributed by atoms with van der Waals surface area (Å²) in [6.45, 7) is 0.866. The highest BCUT2D eigenvalue weighted by atomic mass is 16.5. The first-order chi connectivity index (χ1) is 12.5. The molecule has 1 aliphatic rings. The van der Waals surface area contributed by atoms with Gasteiger partial charge in [0.1, 0.15) is 5.52 Å². The summed E-state index contributed by atoms with van der Waals surface area (Å²) in [5, 5.41) is 8.40. The molecule has 3 aromatic heterocycles. The second-order valence-electron chi connectivity index (χ2n) is 6.26. The van der Waals surface area contributed by atoms with Crippen molar-refractivity contribution in [1.82, 2.24) is 29.4 Å². The topological polar surface area (TPSA) is 95.1 Å². The number of carbonyl (C=O) groups is 2. The van der Waals surface area contributed by atoms with E-state index < -0.39 is 5.97 Å². The number of rotatable bonds is 2. The van der Waals surface area contributed by atoms with E-state index in [4.69, 9.17) is 4.74 Å². The van der Waals surface area contributed by atoms with E-state index in [2.05, 4.69) is 15.2 Å². The standard InChI is InChI=1S/C17H18N6O3/c1-21-14-6-10(7-18-12(14)8-19-21)16(24)23-5-4-13-11(9-23)15(17(25)26-3)20-22(13)2/h6-8H,4-5,9H2,1-3H3. The van der Waals surface area contributed by atoms with Crippen molar-refractivity contribution < 1.29 is 14.3 Å². The van der Waals surface area contributed by atoms with Crippen molar-refractivity contribution in [2.45, 2.75) is 13.0 Å². The lowest BCUT2D eigenvalue weighted by Gasteiger charge is -2.27. The molecule has 0 spiro atoms. The second-order valence-corrected chi connectivity index (χ2v) is 6.26. The van der Waals surface area contributed by atoms with Crippen LogP contribution in [0.1, 0.15) is 32.1 Å². The maximum absolute atomic E-state index is 13.0. The average Bonchev–Trinajstić information content (AvgIpc) is 3.20. The van der Waals surface area contributed by atoms with Gasteiger partial charge in [-0.1, -0.05) is 0 Å². The highest BCUT2D eigenvalue weighted by molar-refractivity contribution is 5.97. The third-order valence-corrected chi connectivity index (χ3v) is 4.75. The highest BCUT2D eigenvalue weighted by Gasteiger charge is 2.30. The van der Waals surface area contributed by atoms with Gasteiger partial charge in [-0.25, -0.2) is 4.79 Å². The minimum Gasteiger partial charge on any atom is -0.464 e. The molecule has 0 aliphatic carbocycles. The van der Waals surface area contributed by atoms with Crippen LogP contribution in [0.25, 0.3) is 11.0 Å². The molecule has 0 radical (unpaired) electrons. The third kappa shape index (κ3) is 2.43. The van der Waals surface area contributed by atoms with Gasteiger partial charge in [-0.15, -0.1) is 0 Å². The smallest absolute Gasteiger partial charge is 0.358 e. The molecule has 1 aliphatic heterocycles. The number of aryl methyl sites for hydroxylation is 2. The van der Waals surface area contributed by atoms with Gasteiger partial charge in [-0.3, -0.25) is 19.1 Å². The van der Waals surface area contributed by atoms with Gasteiger partial charge in [0.15, 0.2) is 5.69 Å². The molecule has 3 aromatic rings. The lowest BCUT2D eigenvalue weighted by atomic mass is 10.0. The SMILES string of the molecule is COC(=O)c1nn(C)c2c1CN(C(=O)c1cnc3cnn(C)c3c1)CC2. The minimum atomic E-state index is -0.492. The zero-order chi connectivity index (χ0) is 18.4. The summed E-state index contributed by atoms with van der Waals surface area (Å²) in [6, 6.07) is 1.79. The van der Waals surface area contributed by atoms with Crippen LogP contribution in [0, 0.1) is 0 Å². The first-order valence-electron chi connectivity index (χ1n) is 8.19. The Morgan fingerprint density at radius 2 is 2.00 bits per heavy atom. The number of nitrogens with zero attached hydrogens (tertiary/aromatic N) is 6. The Morgan fingerprint density at radius 3 is 2.77 bits per heavy atom. The Labute approximate surface area is 149 Å². The maximum Gasteiger partial charge on any atom is 0.358 e. The van der Waals surface area contributed by atoms with Crippen molar-refractivity contribution in [3.63, 3.8) is 0 Å². The van der Waals surface area contributed by atoms with E-state index in [1.54, 1.807) is 39.8 Å². The van der Waals surface area contributed by atoms with Crippen molar-refractivity contribution in [3.05, 3.63) is 41.0 Å². The lowest BCUT2D eigenvalue weighted by Crippen LogP contribution is -2.36. The molecule has 4 rings (SSSR count). The molecule has 1 amide bonds. The first kappa shape index (κ1) is 16.2. The second kappa shape index (κ2) is 5.94. The molecule has 0 bridgehead atoms. The van der Waals surface area contributed by atoms with Crippen molar-refractivity contribution in [2.75, 3.05) is 13.7 Å². The van der Waals surface area contributed by atoms with Gasteiger partial charge in [0.2, 0.25) is 0 Å². The van der Waals surface area contributed by atoms with Gasteiger partial charge >= 0.3 is 5.97 Å². The number of fused-ring (bicyclic) bond motifs is 2. The summed E-state index contributed by atoms with van der Waals surface area (Å²) in [5.74, 6) is -0.625. The van der Waals surface area contributed by atoms with Crippen LogP contribution in [0.15, 0.2) is 18.5 Å². The van der Waals surface area contributed by atoms with Crippen LogP contribution in [-0.2, 0) is 31.8 Å². The summed E-state index contributed by atoms with van der Waals surface area (Å²) in [4.78, 5) is 30.9. The first-order valence-corrected chi connectivity index (χ1v) is 8.19. The number of hydrogen-bond donors (Lipinski definition) is 0. The molecule has 4 heterocycles. The predicted molar refractivity (Wildman–Crippen MR) is 91.5 cm³/mol. The van der Waals surface area contributed by atoms with Gasteiger partial charge in [0, 0.05) is 44.5 Å². The average molecular weight is 354 g/mol. The van der Waals surface area contributed by atoms with E-state index in [9.17, 15) is 9.59 Å². The van der Waals surface area contributed by atoms with Crippen LogP contribution in [0.3, 0.4) is 0 Å². The largest absolute Gasteiger partial charge is 0.464 e. The van der Waals surface area contributed by atoms with E-state index >= 15 is 0 Å². The Balaban J connectivity index is 1.66. The molecule has 9 heteroatoms. The Morgan fingerprint density at radius 1 is 1.19 bits per heavy atom. The number of esters is 1. The lowest BCUT2D eigenvalue weighted by molar-refractivity contribution is 0.0586. The summed E-state index contributed by atoms with van der Waals surface area (Å²) in [5.41, 5.74) is 3.99. The van der Waals surface area contributed by atoms with Gasteiger partial charge in [0.05, 0.1) is 30.9 Å². The Kier molecular flexibility index (Phi) is 3.71. The number of amides is 1. The van der Waals surface area contributed by atoms with E-state index in [0.29, 0.717) is 25.1 Å². The van der Waals surface area contributed by atoms with Crippen LogP contribution in [-0.4, -0.2) is 55.0 Å². The summed E-state index contributed by atoms with van der Waals surface area (Å²) >= 11 is 0. The van der Waals surface area contributed by atoms with Gasteiger partial charge < -0.3 is 9.64 Å². The third-order valence-electron chi connectivity index (χ3n) is 4.75. The molecule has 0 fully saturated rings. The molecule has 0 saturated carbocycles. The molecular formula is C17H18N6O3. The van der Waals surface area contributed by atoms with Crippen molar-refractivity contribution >= 4 is 22.9 Å². The summed E-state index contributed by atoms with van der Waals surface area (Å²) in [6.07, 6.45) is 3.85. The number of carbonyl (C=O) groups excluding carboxylic acids is 2. The molecule has 0 N–H and O–H groups in total. The van der Waals surface area contributed by atoms with Gasteiger partial charge in [0.25, 0.3) is 5.91 Å². The zero-order valence-corrected chi connectivity index (χ0v) is 14.8. The van der Waals surface area contributed by atoms with Crippen molar-refractivity contribution in [3.8, 4) is 0 Å². The molecule has 0 saturated heterocycles. The fourth-order valence-corrected chi connectivity index (χ4v) is 3.35. The molecule has 0 unspecified atom stereocenters. The number of methoxy groups -OCH3 is 1. The van der Waals surface area contributed by atoms with Crippen molar-refractivity contribution in [2.24, 2.45) is 14.1 Å². The fraction of sp³-hybridized carbons (Fsp3) is 0.353. The summed E-state index contributed by atoms with van der Waals surface area (Å²) in [7, 11) is 4.93. The van der Waals surface area contributed by atoms with Crippen LogP contribution in [0.2, 0.25) is 0 Å². The number of pyridine rings is 1. The normalized spacial score (nSPS) is 13.7. The molecule has 9 nitrogen and oxygen atoms in total. The zero-order valence-electron chi connectivity index (χ0n) is 14.8. The number of ether oxygens (including phenoxy) is 1. The van der Waals surface area contributed by atoms with E-state index in [1.165, 1.54) is 7.11 Å². The van der Waals surface area contributed by atoms with E-state index in [-0.39, 0.29) is 11.6 Å². The van der Waals surface area contributed by atoms with Crippen molar-refractivity contribution in [1.29, 1.82) is 0 Å². The van der Waals surface area contributed by atoms with Crippen LogP contribution in [0.5, 0.6) is 0 Å². The van der Waals surface area contributed by atoms with Crippen LogP contribution >= 0.6 is 0 Å². The monoisotopic (exact) mass is 354 g/mol. The predicted octanol–water partition coefficient (Wildman–Crippen LogP) is 0.687. The van der Waals surface area contributed by atoms with Gasteiger partial charge in [-0.05, 0) is 6.07 Å². The van der Waals surface area contributed by atoms with Crippen LogP contribution < -0.4 is 0 Å². The molecule has 26 heavy (non-hydrogen) atoms. The fourth-order valence-electron chi connectivity index (χ4n) is 3.35. The summed E-state index contributed by atoms with van der Waals surface area (Å²) < 4.78 is 8.18. The molecule has 0 aromatic carbocycles. The van der Waals surface area contributed by atoms with Gasteiger partial charge in [-0.2, -0.15) is 10.2 Å². The molecular weight excluding hydrogens is 336 g/mol. The number of hydrogen-bond acceptors (Lipinski definition) is 6. The molecule has 134 valence electrons. The molecule has 0 atom stereocenters. The Bertz CT molecular complexity index is 1030. The maximum atomic E-state index is 13.0. The minimum absolute atomic E-state index is 0.133. The van der Waals surface area contributed by atoms with E-state index in [0.717, 1.165) is 22.3 Å². The quantitative estimate of drug-likeness (QED) is 0.628. The van der Waals surface area contributed by atoms with Crippen LogP contribution in [0.4, 0.5) is 0 Å². The highest BCUT2D eigenvalue weighted by Crippen LogP contribution is 2.24. The Hall–Kier alpha value is -3.23.